The maximum absolute atomic E-state index is 12.6. The number of amides is 1. The van der Waals surface area contributed by atoms with Gasteiger partial charge in [-0.15, -0.1) is 0 Å². The number of rotatable bonds is 5. The number of fused-ring (bicyclic) bond motifs is 2. The van der Waals surface area contributed by atoms with Crippen molar-refractivity contribution in [1.82, 2.24) is 15.1 Å². The molecule has 1 aromatic rings. The van der Waals surface area contributed by atoms with Gasteiger partial charge >= 0.3 is 6.18 Å². The quantitative estimate of drug-likeness (QED) is 0.889. The predicted molar refractivity (Wildman–Crippen MR) is 83.1 cm³/mol. The van der Waals surface area contributed by atoms with Gasteiger partial charge in [-0.1, -0.05) is 6.42 Å². The third-order valence-electron chi connectivity index (χ3n) is 5.65. The highest BCUT2D eigenvalue weighted by Crippen LogP contribution is 2.49. The van der Waals surface area contributed by atoms with Crippen LogP contribution in [-0.2, 0) is 17.5 Å². The Morgan fingerprint density at radius 2 is 2.17 bits per heavy atom. The minimum Gasteiger partial charge on any atom is -0.353 e. The highest BCUT2D eigenvalue weighted by Gasteiger charge is 2.42. The number of aromatic nitrogens is 2. The van der Waals surface area contributed by atoms with Crippen LogP contribution >= 0.6 is 0 Å². The Labute approximate surface area is 139 Å². The van der Waals surface area contributed by atoms with Gasteiger partial charge in [-0.05, 0) is 56.9 Å². The fraction of sp³-hybridized carbons (Fsp3) is 0.765. The molecule has 0 aliphatic heterocycles. The maximum atomic E-state index is 12.6. The topological polar surface area (TPSA) is 46.9 Å². The summed E-state index contributed by atoms with van der Waals surface area (Å²) < 4.78 is 39.2. The molecule has 134 valence electrons. The van der Waals surface area contributed by atoms with E-state index >= 15 is 0 Å². The van der Waals surface area contributed by atoms with Crippen LogP contribution in [0.1, 0.15) is 50.4 Å². The number of aryl methyl sites for hydroxylation is 2. The van der Waals surface area contributed by atoms with Crippen LogP contribution in [-0.4, -0.2) is 21.7 Å². The average molecular weight is 343 g/mol. The van der Waals surface area contributed by atoms with Gasteiger partial charge in [-0.25, -0.2) is 0 Å². The summed E-state index contributed by atoms with van der Waals surface area (Å²) in [4.78, 5) is 12.1. The highest BCUT2D eigenvalue weighted by atomic mass is 19.4. The molecule has 0 radical (unpaired) electrons. The van der Waals surface area contributed by atoms with E-state index in [4.69, 9.17) is 0 Å². The Balaban J connectivity index is 1.50. The van der Waals surface area contributed by atoms with E-state index in [9.17, 15) is 18.0 Å². The molecule has 7 heteroatoms. The molecule has 0 saturated heterocycles. The Kier molecular flexibility index (Phi) is 4.62. The van der Waals surface area contributed by atoms with Crippen LogP contribution in [0.2, 0.25) is 0 Å². The van der Waals surface area contributed by atoms with Gasteiger partial charge in [-0.3, -0.25) is 9.48 Å². The molecule has 1 amide bonds. The van der Waals surface area contributed by atoms with E-state index in [0.29, 0.717) is 11.6 Å². The van der Waals surface area contributed by atoms with Crippen molar-refractivity contribution in [2.24, 2.45) is 17.8 Å². The molecule has 2 aliphatic carbocycles. The van der Waals surface area contributed by atoms with Gasteiger partial charge in [0.05, 0.1) is 0 Å². The first-order valence-electron chi connectivity index (χ1n) is 8.65. The van der Waals surface area contributed by atoms with E-state index < -0.39 is 11.9 Å². The average Bonchev–Trinajstić information content (AvgIpc) is 3.19. The van der Waals surface area contributed by atoms with E-state index in [1.807, 2.05) is 6.92 Å². The molecule has 1 aromatic heterocycles. The standard InChI is InChI=1S/C17H24F3N3O/c1-10-7-15(17(18,19)20)22-23(10)6-5-16(24)21-11(2)14-9-12-3-4-13(14)8-12/h7,11-14H,3-6,8-9H2,1-2H3,(H,21,24)/t11-,12+,13+,14-/m0/s1. The van der Waals surface area contributed by atoms with Crippen LogP contribution in [0, 0.1) is 24.7 Å². The molecule has 0 unspecified atom stereocenters. The number of hydrogen-bond acceptors (Lipinski definition) is 2. The van der Waals surface area contributed by atoms with Crippen LogP contribution in [0.25, 0.3) is 0 Å². The summed E-state index contributed by atoms with van der Waals surface area (Å²) in [6, 6.07) is 1.15. The molecule has 2 saturated carbocycles. The number of halogens is 3. The predicted octanol–water partition coefficient (Wildman–Crippen LogP) is 3.54. The minimum atomic E-state index is -4.45. The summed E-state index contributed by atoms with van der Waals surface area (Å²) in [7, 11) is 0. The largest absolute Gasteiger partial charge is 0.435 e. The summed E-state index contributed by atoms with van der Waals surface area (Å²) in [5, 5.41) is 6.58. The number of carbonyl (C=O) groups is 1. The Bertz CT molecular complexity index is 611. The third-order valence-corrected chi connectivity index (χ3v) is 5.65. The van der Waals surface area contributed by atoms with E-state index in [-0.39, 0.29) is 24.9 Å². The molecule has 24 heavy (non-hydrogen) atoms. The van der Waals surface area contributed by atoms with Crippen molar-refractivity contribution >= 4 is 5.91 Å². The molecular weight excluding hydrogens is 319 g/mol. The third kappa shape index (κ3) is 3.59. The second-order valence-electron chi connectivity index (χ2n) is 7.34. The molecule has 3 rings (SSSR count). The van der Waals surface area contributed by atoms with Crippen molar-refractivity contribution in [3.63, 3.8) is 0 Å². The second kappa shape index (κ2) is 6.41. The molecule has 1 N–H and O–H groups in total. The van der Waals surface area contributed by atoms with Crippen molar-refractivity contribution in [1.29, 1.82) is 0 Å². The van der Waals surface area contributed by atoms with Gasteiger partial charge in [0.25, 0.3) is 0 Å². The molecule has 2 aliphatic rings. The second-order valence-corrected chi connectivity index (χ2v) is 7.34. The van der Waals surface area contributed by atoms with Gasteiger partial charge in [0, 0.05) is 24.7 Å². The molecule has 4 nitrogen and oxygen atoms in total. The molecule has 2 fully saturated rings. The fourth-order valence-electron chi connectivity index (χ4n) is 4.42. The molecule has 2 bridgehead atoms. The van der Waals surface area contributed by atoms with Gasteiger partial charge < -0.3 is 5.32 Å². The first-order chi connectivity index (χ1) is 11.2. The number of nitrogens with one attached hydrogen (secondary N) is 1. The summed E-state index contributed by atoms with van der Waals surface area (Å²) in [6.45, 7) is 3.78. The van der Waals surface area contributed by atoms with Crippen LogP contribution in [0.5, 0.6) is 0 Å². The zero-order valence-electron chi connectivity index (χ0n) is 14.1. The SMILES string of the molecule is Cc1cc(C(F)(F)F)nn1CCC(=O)N[C@@H](C)[C@@H]1C[C@@H]2CC[C@@H]1C2. The Morgan fingerprint density at radius 3 is 2.71 bits per heavy atom. The highest BCUT2D eigenvalue weighted by molar-refractivity contribution is 5.76. The van der Waals surface area contributed by atoms with Gasteiger partial charge in [-0.2, -0.15) is 18.3 Å². The van der Waals surface area contributed by atoms with Gasteiger partial charge in [0.2, 0.25) is 5.91 Å². The summed E-state index contributed by atoms with van der Waals surface area (Å²) in [6.07, 6.45) is 0.765. The van der Waals surface area contributed by atoms with Crippen LogP contribution < -0.4 is 5.32 Å². The molecule has 0 spiro atoms. The smallest absolute Gasteiger partial charge is 0.353 e. The van der Waals surface area contributed by atoms with Gasteiger partial charge in [0.1, 0.15) is 0 Å². The lowest BCUT2D eigenvalue weighted by atomic mass is 9.84. The number of alkyl halides is 3. The van der Waals surface area contributed by atoms with Crippen LogP contribution in [0.15, 0.2) is 6.07 Å². The van der Waals surface area contributed by atoms with Crippen LogP contribution in [0.3, 0.4) is 0 Å². The van der Waals surface area contributed by atoms with Crippen molar-refractivity contribution in [3.05, 3.63) is 17.5 Å². The molecule has 1 heterocycles. The molecular formula is C17H24F3N3O. The van der Waals surface area contributed by atoms with Crippen molar-refractivity contribution in [2.45, 2.75) is 64.7 Å². The maximum Gasteiger partial charge on any atom is 0.435 e. The van der Waals surface area contributed by atoms with Gasteiger partial charge in [0.15, 0.2) is 5.69 Å². The Morgan fingerprint density at radius 1 is 1.42 bits per heavy atom. The Hall–Kier alpha value is -1.53. The summed E-state index contributed by atoms with van der Waals surface area (Å²) in [5.41, 5.74) is -0.493. The van der Waals surface area contributed by atoms with Crippen molar-refractivity contribution in [3.8, 4) is 0 Å². The fourth-order valence-corrected chi connectivity index (χ4v) is 4.42. The van der Waals surface area contributed by atoms with Crippen LogP contribution in [0.4, 0.5) is 13.2 Å². The van der Waals surface area contributed by atoms with E-state index in [1.54, 1.807) is 6.92 Å². The lowest BCUT2D eigenvalue weighted by molar-refractivity contribution is -0.141. The molecule has 0 aromatic carbocycles. The van der Waals surface area contributed by atoms with Crippen molar-refractivity contribution in [2.75, 3.05) is 0 Å². The number of carbonyl (C=O) groups excluding carboxylic acids is 1. The number of hydrogen-bond donors (Lipinski definition) is 1. The zero-order valence-corrected chi connectivity index (χ0v) is 14.1. The lowest BCUT2D eigenvalue weighted by Crippen LogP contribution is -2.40. The number of nitrogens with zero attached hydrogens (tertiary/aromatic N) is 2. The van der Waals surface area contributed by atoms with E-state index in [1.165, 1.54) is 30.4 Å². The monoisotopic (exact) mass is 343 g/mol. The first kappa shape index (κ1) is 17.3. The summed E-state index contributed by atoms with van der Waals surface area (Å²) in [5.74, 6) is 1.99. The zero-order chi connectivity index (χ0) is 17.5. The lowest BCUT2D eigenvalue weighted by Gasteiger charge is -2.28. The van der Waals surface area contributed by atoms with E-state index in [2.05, 4.69) is 10.4 Å². The molecule has 4 atom stereocenters. The van der Waals surface area contributed by atoms with Crippen molar-refractivity contribution < 1.29 is 18.0 Å². The normalized spacial score (nSPS) is 27.5. The minimum absolute atomic E-state index is 0.117. The van der Waals surface area contributed by atoms with E-state index in [0.717, 1.165) is 17.9 Å². The summed E-state index contributed by atoms with van der Waals surface area (Å²) >= 11 is 0. The first-order valence-corrected chi connectivity index (χ1v) is 8.65.